The summed E-state index contributed by atoms with van der Waals surface area (Å²) in [4.78, 5) is 26.0. The maximum absolute atomic E-state index is 11.6. The number of amides is 1. The molecule has 0 saturated carbocycles. The average molecular weight is 298 g/mol. The van der Waals surface area contributed by atoms with Crippen molar-refractivity contribution in [2.75, 3.05) is 5.32 Å². The van der Waals surface area contributed by atoms with Gasteiger partial charge in [0.2, 0.25) is 5.91 Å². The van der Waals surface area contributed by atoms with Crippen LogP contribution in [0.1, 0.15) is 19.3 Å². The molecule has 0 radical (unpaired) electrons. The van der Waals surface area contributed by atoms with Gasteiger partial charge in [-0.15, -0.1) is 0 Å². The zero-order valence-corrected chi connectivity index (χ0v) is 11.4. The van der Waals surface area contributed by atoms with Gasteiger partial charge in [0.25, 0.3) is 0 Å². The molecule has 0 unspecified atom stereocenters. The van der Waals surface area contributed by atoms with Crippen LogP contribution in [0.15, 0.2) is 18.2 Å². The molecule has 1 amide bonds. The number of hydrogen-bond acceptors (Lipinski definition) is 5. The third-order valence-electron chi connectivity index (χ3n) is 2.38. The van der Waals surface area contributed by atoms with Gasteiger partial charge in [0.15, 0.2) is 5.13 Å². The van der Waals surface area contributed by atoms with Crippen molar-refractivity contribution >= 4 is 50.2 Å². The predicted molar refractivity (Wildman–Crippen MR) is 72.1 cm³/mol. The minimum atomic E-state index is -1.15. The van der Waals surface area contributed by atoms with Crippen LogP contribution < -0.4 is 10.4 Å². The van der Waals surface area contributed by atoms with E-state index >= 15 is 0 Å². The van der Waals surface area contributed by atoms with Crippen molar-refractivity contribution in [1.82, 2.24) is 4.98 Å². The molecule has 7 heteroatoms. The number of nitrogens with one attached hydrogen (secondary N) is 1. The quantitative estimate of drug-likeness (QED) is 0.912. The fourth-order valence-corrected chi connectivity index (χ4v) is 2.69. The molecule has 2 aromatic rings. The Kier molecular flexibility index (Phi) is 4.34. The molecule has 1 N–H and O–H groups in total. The van der Waals surface area contributed by atoms with E-state index in [0.29, 0.717) is 10.2 Å². The van der Waals surface area contributed by atoms with Crippen molar-refractivity contribution in [2.45, 2.75) is 19.3 Å². The Balaban J connectivity index is 1.97. The summed E-state index contributed by atoms with van der Waals surface area (Å²) in [5.74, 6) is -1.41. The Morgan fingerprint density at radius 2 is 2.16 bits per heavy atom. The zero-order valence-electron chi connectivity index (χ0n) is 9.81. The lowest BCUT2D eigenvalue weighted by molar-refractivity contribution is -0.305. The van der Waals surface area contributed by atoms with Gasteiger partial charge in [0, 0.05) is 17.4 Å². The molecule has 1 heterocycles. The van der Waals surface area contributed by atoms with Gasteiger partial charge >= 0.3 is 0 Å². The molecule has 5 nitrogen and oxygen atoms in total. The molecule has 0 aliphatic heterocycles. The third-order valence-corrected chi connectivity index (χ3v) is 3.55. The highest BCUT2D eigenvalue weighted by atomic mass is 35.5. The van der Waals surface area contributed by atoms with Crippen LogP contribution in [0, 0.1) is 0 Å². The normalized spacial score (nSPS) is 10.6. The number of carbonyl (C=O) groups excluding carboxylic acids is 2. The summed E-state index contributed by atoms with van der Waals surface area (Å²) in [5.41, 5.74) is 0.763. The number of carboxylic acids is 1. The molecule has 0 aliphatic rings. The number of hydrogen-bond donors (Lipinski definition) is 1. The first kappa shape index (κ1) is 13.8. The molecule has 0 atom stereocenters. The summed E-state index contributed by atoms with van der Waals surface area (Å²) in [7, 11) is 0. The van der Waals surface area contributed by atoms with Crippen LogP contribution in [-0.2, 0) is 9.59 Å². The highest BCUT2D eigenvalue weighted by molar-refractivity contribution is 7.22. The molecule has 0 saturated heterocycles. The molecular weight excluding hydrogens is 288 g/mol. The van der Waals surface area contributed by atoms with Crippen molar-refractivity contribution in [1.29, 1.82) is 0 Å². The maximum Gasteiger partial charge on any atom is 0.226 e. The zero-order chi connectivity index (χ0) is 13.8. The highest BCUT2D eigenvalue weighted by Gasteiger charge is 2.08. The first-order valence-corrected chi connectivity index (χ1v) is 6.80. The van der Waals surface area contributed by atoms with Gasteiger partial charge in [-0.05, 0) is 31.0 Å². The Labute approximate surface area is 118 Å². The van der Waals surface area contributed by atoms with Gasteiger partial charge in [0.05, 0.1) is 10.2 Å². The van der Waals surface area contributed by atoms with Crippen molar-refractivity contribution in [3.05, 3.63) is 23.2 Å². The number of carboxylic acid groups (broad SMARTS) is 1. The number of halogens is 1. The second-order valence-corrected chi connectivity index (χ2v) is 5.37. The summed E-state index contributed by atoms with van der Waals surface area (Å²) < 4.78 is 0.887. The smallest absolute Gasteiger partial charge is 0.226 e. The van der Waals surface area contributed by atoms with E-state index in [2.05, 4.69) is 10.3 Å². The van der Waals surface area contributed by atoms with Crippen LogP contribution in [-0.4, -0.2) is 16.9 Å². The number of aromatic nitrogens is 1. The molecule has 1 aromatic heterocycles. The van der Waals surface area contributed by atoms with E-state index in [9.17, 15) is 14.7 Å². The van der Waals surface area contributed by atoms with E-state index in [1.54, 1.807) is 18.2 Å². The van der Waals surface area contributed by atoms with Gasteiger partial charge in [-0.2, -0.15) is 0 Å². The fraction of sp³-hybridized carbons (Fsp3) is 0.250. The number of carbonyl (C=O) groups is 2. The maximum atomic E-state index is 11.6. The first-order chi connectivity index (χ1) is 9.04. The van der Waals surface area contributed by atoms with Gasteiger partial charge in [-0.3, -0.25) is 4.79 Å². The molecular formula is C12H10ClN2O3S-. The summed E-state index contributed by atoms with van der Waals surface area (Å²) in [6.45, 7) is 0. The van der Waals surface area contributed by atoms with Gasteiger partial charge < -0.3 is 15.2 Å². The molecule has 19 heavy (non-hydrogen) atoms. The summed E-state index contributed by atoms with van der Waals surface area (Å²) in [5, 5.41) is 14.0. The predicted octanol–water partition coefficient (Wildman–Crippen LogP) is 1.81. The number of nitrogens with zero attached hydrogens (tertiary/aromatic N) is 1. The number of rotatable bonds is 5. The second kappa shape index (κ2) is 5.99. The highest BCUT2D eigenvalue weighted by Crippen LogP contribution is 2.28. The minimum absolute atomic E-state index is 0.122. The van der Waals surface area contributed by atoms with E-state index in [4.69, 9.17) is 11.6 Å². The Hall–Kier alpha value is -1.66. The standard InChI is InChI=1S/C12H11ClN2O3S/c13-7-4-5-8-9(6-7)19-12(14-8)15-10(16)2-1-3-11(17)18/h4-6H,1-3H2,(H,17,18)(H,14,15,16)/p-1. The molecule has 1 aromatic carbocycles. The van der Waals surface area contributed by atoms with E-state index in [-0.39, 0.29) is 25.2 Å². The first-order valence-electron chi connectivity index (χ1n) is 5.60. The topological polar surface area (TPSA) is 82.1 Å². The van der Waals surface area contributed by atoms with Crippen molar-refractivity contribution in [3.8, 4) is 0 Å². The minimum Gasteiger partial charge on any atom is -0.550 e. The van der Waals surface area contributed by atoms with Crippen LogP contribution in [0.25, 0.3) is 10.2 Å². The van der Waals surface area contributed by atoms with Gasteiger partial charge in [0.1, 0.15) is 0 Å². The third kappa shape index (κ3) is 3.90. The Bertz CT molecular complexity index is 626. The number of fused-ring (bicyclic) bond motifs is 1. The van der Waals surface area contributed by atoms with Crippen molar-refractivity contribution in [3.63, 3.8) is 0 Å². The molecule has 0 fully saturated rings. The van der Waals surface area contributed by atoms with Crippen LogP contribution in [0.4, 0.5) is 5.13 Å². The van der Waals surface area contributed by atoms with Crippen molar-refractivity contribution < 1.29 is 14.7 Å². The van der Waals surface area contributed by atoms with Gasteiger partial charge in [-0.25, -0.2) is 4.98 Å². The Morgan fingerprint density at radius 1 is 1.37 bits per heavy atom. The molecule has 2 rings (SSSR count). The van der Waals surface area contributed by atoms with E-state index < -0.39 is 5.97 Å². The number of thiazole rings is 1. The van der Waals surface area contributed by atoms with Crippen molar-refractivity contribution in [2.24, 2.45) is 0 Å². The number of anilines is 1. The van der Waals surface area contributed by atoms with E-state index in [0.717, 1.165) is 10.2 Å². The molecule has 0 spiro atoms. The number of benzene rings is 1. The molecule has 100 valence electrons. The SMILES string of the molecule is O=C([O-])CCCC(=O)Nc1nc2ccc(Cl)cc2s1. The van der Waals surface area contributed by atoms with Crippen LogP contribution in [0.3, 0.4) is 0 Å². The van der Waals surface area contributed by atoms with Crippen LogP contribution in [0.5, 0.6) is 0 Å². The second-order valence-electron chi connectivity index (χ2n) is 3.90. The summed E-state index contributed by atoms with van der Waals surface area (Å²) in [6, 6.07) is 5.29. The summed E-state index contributed by atoms with van der Waals surface area (Å²) in [6.07, 6.45) is 0.262. The lowest BCUT2D eigenvalue weighted by Gasteiger charge is -2.02. The number of aliphatic carboxylic acids is 1. The fourth-order valence-electron chi connectivity index (χ4n) is 1.53. The average Bonchev–Trinajstić information content (AvgIpc) is 2.69. The van der Waals surface area contributed by atoms with Crippen LogP contribution >= 0.6 is 22.9 Å². The van der Waals surface area contributed by atoms with Gasteiger partial charge in [-0.1, -0.05) is 22.9 Å². The van der Waals surface area contributed by atoms with Crippen LogP contribution in [0.2, 0.25) is 5.02 Å². The monoisotopic (exact) mass is 297 g/mol. The lowest BCUT2D eigenvalue weighted by atomic mass is 10.2. The van der Waals surface area contributed by atoms with E-state index in [1.807, 2.05) is 0 Å². The largest absolute Gasteiger partial charge is 0.550 e. The van der Waals surface area contributed by atoms with E-state index in [1.165, 1.54) is 11.3 Å². The molecule has 0 bridgehead atoms. The molecule has 0 aliphatic carbocycles. The summed E-state index contributed by atoms with van der Waals surface area (Å²) >= 11 is 7.19. The lowest BCUT2D eigenvalue weighted by Crippen LogP contribution is -2.22. The Morgan fingerprint density at radius 3 is 2.89 bits per heavy atom.